The standard InChI is InChI=1S/C37H55FN4O7/c1-25-7-9-32(43)23-35(45)49-36(26(2)8-10-33(25)48-37(46)42-17-15-39(4)16-18-42)27(3)19-28-20-29(38)22-31(21-28)40(5)30-11-13-41(14-12-30)34(44)24-47-6/h8,10,19-22,25-26,30,32-33,36,43H,7,9,11-18,23-24H2,1-6H3/b10-8+,27-19+/t25-,26+,32+,33+,36+/m1/s1. The van der Waals surface area contributed by atoms with Crippen molar-refractivity contribution in [2.45, 2.75) is 77.2 Å². The second kappa shape index (κ2) is 18.0. The Morgan fingerprint density at radius 3 is 2.39 bits per heavy atom. The number of carbonyl (C=O) groups is 3. The molecule has 3 aliphatic rings. The van der Waals surface area contributed by atoms with Crippen molar-refractivity contribution < 1.29 is 38.1 Å². The zero-order valence-corrected chi connectivity index (χ0v) is 30.0. The van der Waals surface area contributed by atoms with E-state index in [-0.39, 0.29) is 48.7 Å². The third kappa shape index (κ3) is 11.0. The van der Waals surface area contributed by atoms with E-state index >= 15 is 4.39 Å². The molecule has 5 atom stereocenters. The molecule has 0 radical (unpaired) electrons. The van der Waals surface area contributed by atoms with Gasteiger partial charge in [-0.25, -0.2) is 9.18 Å². The van der Waals surface area contributed by atoms with Gasteiger partial charge in [0.25, 0.3) is 0 Å². The van der Waals surface area contributed by atoms with Gasteiger partial charge in [-0.2, -0.15) is 0 Å². The van der Waals surface area contributed by atoms with Crippen LogP contribution >= 0.6 is 0 Å². The van der Waals surface area contributed by atoms with Gasteiger partial charge >= 0.3 is 12.1 Å². The van der Waals surface area contributed by atoms with Crippen molar-refractivity contribution in [3.05, 3.63) is 47.3 Å². The third-order valence-electron chi connectivity index (χ3n) is 10.0. The molecule has 0 bridgehead atoms. The summed E-state index contributed by atoms with van der Waals surface area (Å²) in [5, 5.41) is 10.7. The van der Waals surface area contributed by atoms with Crippen molar-refractivity contribution in [2.24, 2.45) is 11.8 Å². The van der Waals surface area contributed by atoms with E-state index in [0.29, 0.717) is 55.8 Å². The van der Waals surface area contributed by atoms with E-state index in [9.17, 15) is 19.5 Å². The Kier molecular flexibility index (Phi) is 14.0. The minimum Gasteiger partial charge on any atom is -0.457 e. The Balaban J connectivity index is 1.52. The van der Waals surface area contributed by atoms with Crippen LogP contribution in [-0.2, 0) is 23.8 Å². The monoisotopic (exact) mass is 686 g/mol. The topological polar surface area (TPSA) is 112 Å². The van der Waals surface area contributed by atoms with Crippen molar-refractivity contribution in [1.29, 1.82) is 0 Å². The summed E-state index contributed by atoms with van der Waals surface area (Å²) < 4.78 is 32.0. The lowest BCUT2D eigenvalue weighted by molar-refractivity contribution is -0.151. The summed E-state index contributed by atoms with van der Waals surface area (Å²) in [5.74, 6) is -1.31. The molecule has 3 aliphatic heterocycles. The lowest BCUT2D eigenvalue weighted by Crippen LogP contribution is -2.48. The quantitative estimate of drug-likeness (QED) is 0.331. The highest BCUT2D eigenvalue weighted by Gasteiger charge is 2.30. The van der Waals surface area contributed by atoms with E-state index in [2.05, 4.69) is 9.80 Å². The predicted octanol–water partition coefficient (Wildman–Crippen LogP) is 4.34. The number of benzene rings is 1. The summed E-state index contributed by atoms with van der Waals surface area (Å²) >= 11 is 0. The first-order valence-corrected chi connectivity index (χ1v) is 17.5. The van der Waals surface area contributed by atoms with Gasteiger partial charge < -0.3 is 38.9 Å². The summed E-state index contributed by atoms with van der Waals surface area (Å²) in [7, 11) is 5.47. The highest BCUT2D eigenvalue weighted by molar-refractivity contribution is 5.77. The molecule has 0 unspecified atom stereocenters. The molecule has 12 heteroatoms. The first-order chi connectivity index (χ1) is 23.3. The number of anilines is 1. The zero-order chi connectivity index (χ0) is 35.7. The largest absolute Gasteiger partial charge is 0.457 e. The van der Waals surface area contributed by atoms with Crippen molar-refractivity contribution in [2.75, 3.05) is 72.0 Å². The number of aliphatic hydroxyl groups excluding tert-OH is 1. The second-order valence-electron chi connectivity index (χ2n) is 14.0. The molecule has 49 heavy (non-hydrogen) atoms. The van der Waals surface area contributed by atoms with E-state index in [0.717, 1.165) is 25.9 Å². The number of cyclic esters (lactones) is 1. The average molecular weight is 687 g/mol. The summed E-state index contributed by atoms with van der Waals surface area (Å²) in [6.07, 6.45) is 5.44. The molecule has 1 aromatic rings. The van der Waals surface area contributed by atoms with Gasteiger partial charge in [-0.05, 0) is 81.0 Å². The van der Waals surface area contributed by atoms with Crippen LogP contribution in [0.25, 0.3) is 6.08 Å². The van der Waals surface area contributed by atoms with Gasteiger partial charge in [-0.15, -0.1) is 0 Å². The van der Waals surface area contributed by atoms with Gasteiger partial charge in [0.15, 0.2) is 0 Å². The number of carbonyl (C=O) groups excluding carboxylic acids is 3. The molecular formula is C37H55FN4O7. The molecule has 0 aromatic heterocycles. The van der Waals surface area contributed by atoms with E-state index in [1.165, 1.54) is 19.2 Å². The van der Waals surface area contributed by atoms with Gasteiger partial charge in [-0.3, -0.25) is 9.59 Å². The van der Waals surface area contributed by atoms with Crippen molar-refractivity contribution in [3.63, 3.8) is 0 Å². The Morgan fingerprint density at radius 1 is 1.02 bits per heavy atom. The number of rotatable bonds is 7. The molecule has 4 rings (SSSR count). The second-order valence-corrected chi connectivity index (χ2v) is 14.0. The highest BCUT2D eigenvalue weighted by atomic mass is 19.1. The molecule has 2 amide bonds. The van der Waals surface area contributed by atoms with Gasteiger partial charge in [0, 0.05) is 71.1 Å². The van der Waals surface area contributed by atoms with Crippen LogP contribution in [0.1, 0.15) is 58.4 Å². The third-order valence-corrected chi connectivity index (χ3v) is 10.0. The number of nitrogens with zero attached hydrogens (tertiary/aromatic N) is 4. The maximum atomic E-state index is 15.0. The van der Waals surface area contributed by atoms with Crippen LogP contribution in [0.3, 0.4) is 0 Å². The number of esters is 1. The average Bonchev–Trinajstić information content (AvgIpc) is 3.07. The van der Waals surface area contributed by atoms with E-state index < -0.39 is 24.3 Å². The molecule has 2 fully saturated rings. The highest BCUT2D eigenvalue weighted by Crippen LogP contribution is 2.29. The molecule has 0 aliphatic carbocycles. The fourth-order valence-corrected chi connectivity index (χ4v) is 6.79. The lowest BCUT2D eigenvalue weighted by atomic mass is 9.91. The number of hydrogen-bond donors (Lipinski definition) is 1. The van der Waals surface area contributed by atoms with Crippen LogP contribution in [0.4, 0.5) is 14.9 Å². The van der Waals surface area contributed by atoms with E-state index in [1.54, 1.807) is 9.80 Å². The summed E-state index contributed by atoms with van der Waals surface area (Å²) in [6.45, 7) is 9.81. The van der Waals surface area contributed by atoms with Gasteiger partial charge in [0.05, 0.1) is 12.5 Å². The molecular weight excluding hydrogens is 631 g/mol. The van der Waals surface area contributed by atoms with Gasteiger partial charge in [0.1, 0.15) is 24.6 Å². The normalized spacial score (nSPS) is 27.5. The number of likely N-dealkylation sites (tertiary alicyclic amines) is 1. The van der Waals surface area contributed by atoms with Gasteiger partial charge in [-0.1, -0.05) is 26.0 Å². The first kappa shape index (κ1) is 38.3. The van der Waals surface area contributed by atoms with Crippen LogP contribution in [0.15, 0.2) is 35.9 Å². The van der Waals surface area contributed by atoms with E-state index in [1.807, 2.05) is 59.2 Å². The zero-order valence-electron chi connectivity index (χ0n) is 30.0. The maximum Gasteiger partial charge on any atom is 0.410 e. The Hall–Kier alpha value is -3.48. The minimum absolute atomic E-state index is 0.0278. The number of aliphatic hydroxyl groups is 1. The number of methoxy groups -OCH3 is 1. The number of hydrogen-bond acceptors (Lipinski definition) is 9. The molecule has 11 nitrogen and oxygen atoms in total. The van der Waals surface area contributed by atoms with Crippen molar-refractivity contribution in [3.8, 4) is 0 Å². The number of piperazine rings is 1. The van der Waals surface area contributed by atoms with Crippen LogP contribution in [0.2, 0.25) is 0 Å². The van der Waals surface area contributed by atoms with Crippen LogP contribution in [0.5, 0.6) is 0 Å². The molecule has 272 valence electrons. The molecule has 0 spiro atoms. The summed E-state index contributed by atoms with van der Waals surface area (Å²) in [4.78, 5) is 46.1. The summed E-state index contributed by atoms with van der Waals surface area (Å²) in [5.41, 5.74) is 2.05. The number of likely N-dealkylation sites (N-methyl/N-ethyl adjacent to an activating group) is 1. The molecule has 1 N–H and O–H groups in total. The number of ether oxygens (including phenoxy) is 3. The minimum atomic E-state index is -0.890. The lowest BCUT2D eigenvalue weighted by Gasteiger charge is -2.38. The summed E-state index contributed by atoms with van der Waals surface area (Å²) in [6, 6.07) is 4.99. The maximum absolute atomic E-state index is 15.0. The Labute approximate surface area is 290 Å². The predicted molar refractivity (Wildman–Crippen MR) is 186 cm³/mol. The number of piperidine rings is 1. The molecule has 2 saturated heterocycles. The van der Waals surface area contributed by atoms with Gasteiger partial charge in [0.2, 0.25) is 5.91 Å². The molecule has 1 aromatic carbocycles. The number of amides is 2. The Bertz CT molecular complexity index is 1340. The van der Waals surface area contributed by atoms with E-state index in [4.69, 9.17) is 14.2 Å². The van der Waals surface area contributed by atoms with Crippen LogP contribution in [0, 0.1) is 17.7 Å². The fourth-order valence-electron chi connectivity index (χ4n) is 6.79. The Morgan fingerprint density at radius 2 is 1.71 bits per heavy atom. The van der Waals surface area contributed by atoms with Crippen molar-refractivity contribution in [1.82, 2.24) is 14.7 Å². The molecule has 0 saturated carbocycles. The van der Waals surface area contributed by atoms with Crippen LogP contribution < -0.4 is 4.90 Å². The first-order valence-electron chi connectivity index (χ1n) is 17.5. The fraction of sp³-hybridized carbons (Fsp3) is 0.649. The smallest absolute Gasteiger partial charge is 0.410 e. The van der Waals surface area contributed by atoms with Crippen molar-refractivity contribution >= 4 is 29.7 Å². The van der Waals surface area contributed by atoms with Crippen LogP contribution in [-0.4, -0.2) is 129 Å². The molecule has 3 heterocycles. The SMILES string of the molecule is COCC(=O)N1CCC(N(C)c2cc(F)cc(/C=C(\C)[C@H]3OC(=O)C[C@@H](O)CC[C@@H](C)[C@@H](OC(=O)N4CCN(C)CC4)/C=C/[C@@H]3C)c2)CC1. The number of halogens is 1.